The first-order valence-corrected chi connectivity index (χ1v) is 8.00. The summed E-state index contributed by atoms with van der Waals surface area (Å²) in [6.45, 7) is 0.707. The Kier molecular flexibility index (Phi) is 6.16. The molecular weight excluding hydrogens is 306 g/mol. The molecule has 23 heavy (non-hydrogen) atoms. The van der Waals surface area contributed by atoms with Crippen LogP contribution in [-0.4, -0.2) is 38.4 Å². The van der Waals surface area contributed by atoms with E-state index in [0.29, 0.717) is 11.4 Å². The lowest BCUT2D eigenvalue weighted by molar-refractivity contribution is 0.105. The molecule has 0 aliphatic rings. The highest BCUT2D eigenvalue weighted by Gasteiger charge is 2.05. The Labute approximate surface area is 141 Å². The molecule has 4 heteroatoms. The van der Waals surface area contributed by atoms with E-state index in [0.717, 1.165) is 16.2 Å². The molecule has 0 saturated heterocycles. The van der Waals surface area contributed by atoms with Crippen molar-refractivity contribution in [1.29, 1.82) is 0 Å². The molecule has 1 heterocycles. The molecule has 2 aromatic rings. The predicted molar refractivity (Wildman–Crippen MR) is 96.1 cm³/mol. The maximum atomic E-state index is 12.2. The van der Waals surface area contributed by atoms with Crippen LogP contribution >= 0.6 is 11.3 Å². The number of carbonyl (C=O) groups is 1. The molecule has 0 atom stereocenters. The second kappa shape index (κ2) is 8.33. The largest absolute Gasteiger partial charge is 0.497 e. The topological polar surface area (TPSA) is 29.5 Å². The lowest BCUT2D eigenvalue weighted by Gasteiger charge is -2.00. The predicted octanol–water partition coefficient (Wildman–Crippen LogP) is 3.57. The molecule has 0 radical (unpaired) electrons. The number of rotatable bonds is 5. The van der Waals surface area contributed by atoms with Crippen molar-refractivity contribution < 1.29 is 9.53 Å². The Hall–Kier alpha value is -2.35. The van der Waals surface area contributed by atoms with Crippen LogP contribution < -0.4 is 4.74 Å². The molecule has 0 aliphatic carbocycles. The van der Waals surface area contributed by atoms with Gasteiger partial charge in [0, 0.05) is 0 Å². The highest BCUT2D eigenvalue weighted by molar-refractivity contribution is 7.14. The van der Waals surface area contributed by atoms with Gasteiger partial charge < -0.3 is 4.74 Å². The summed E-state index contributed by atoms with van der Waals surface area (Å²) in [7, 11) is 5.58. The molecule has 1 aromatic carbocycles. The zero-order valence-corrected chi connectivity index (χ0v) is 14.3. The van der Waals surface area contributed by atoms with E-state index >= 15 is 0 Å². The van der Waals surface area contributed by atoms with Crippen LogP contribution in [-0.2, 0) is 0 Å². The van der Waals surface area contributed by atoms with E-state index < -0.39 is 0 Å². The number of hydrogen-bond donors (Lipinski definition) is 0. The van der Waals surface area contributed by atoms with E-state index in [1.807, 2.05) is 55.4 Å². The maximum Gasteiger partial charge on any atom is 0.195 e. The molecule has 0 amide bonds. The van der Waals surface area contributed by atoms with Gasteiger partial charge in [0.2, 0.25) is 0 Å². The summed E-state index contributed by atoms with van der Waals surface area (Å²) in [5, 5.41) is 0. The van der Waals surface area contributed by atoms with Crippen LogP contribution in [0.15, 0.2) is 42.5 Å². The summed E-state index contributed by atoms with van der Waals surface area (Å²) in [6, 6.07) is 11.3. The number of methoxy groups -OCH3 is 1. The molecule has 0 fully saturated rings. The fourth-order valence-corrected chi connectivity index (χ4v) is 2.59. The van der Waals surface area contributed by atoms with Crippen molar-refractivity contribution >= 4 is 23.2 Å². The van der Waals surface area contributed by atoms with Gasteiger partial charge in [-0.3, -0.25) is 9.69 Å². The van der Waals surface area contributed by atoms with E-state index in [1.54, 1.807) is 19.3 Å². The number of nitrogens with zero attached hydrogens (tertiary/aromatic N) is 1. The molecule has 0 unspecified atom stereocenters. The molecule has 1 aromatic heterocycles. The minimum Gasteiger partial charge on any atom is -0.497 e. The van der Waals surface area contributed by atoms with E-state index in [9.17, 15) is 4.79 Å². The molecule has 0 spiro atoms. The minimum absolute atomic E-state index is 0.00789. The van der Waals surface area contributed by atoms with Crippen LogP contribution in [0.3, 0.4) is 0 Å². The van der Waals surface area contributed by atoms with Gasteiger partial charge in [-0.1, -0.05) is 30.0 Å². The number of ether oxygens (including phenoxy) is 1. The van der Waals surface area contributed by atoms with Gasteiger partial charge in [0.15, 0.2) is 5.78 Å². The fraction of sp³-hybridized carbons (Fsp3) is 0.211. The monoisotopic (exact) mass is 325 g/mol. The van der Waals surface area contributed by atoms with Crippen molar-refractivity contribution in [3.63, 3.8) is 0 Å². The first-order valence-electron chi connectivity index (χ1n) is 7.18. The van der Waals surface area contributed by atoms with Crippen LogP contribution in [0.5, 0.6) is 5.75 Å². The highest BCUT2D eigenvalue weighted by atomic mass is 32.1. The molecule has 0 saturated carbocycles. The van der Waals surface area contributed by atoms with Gasteiger partial charge in [-0.2, -0.15) is 0 Å². The third kappa shape index (κ3) is 5.41. The first kappa shape index (κ1) is 17.0. The van der Waals surface area contributed by atoms with Crippen molar-refractivity contribution in [2.75, 3.05) is 27.7 Å². The molecule has 3 nitrogen and oxygen atoms in total. The summed E-state index contributed by atoms with van der Waals surface area (Å²) in [4.78, 5) is 15.8. The molecular formula is C19H19NO2S. The van der Waals surface area contributed by atoms with Crippen LogP contribution in [0.4, 0.5) is 0 Å². The SMILES string of the molecule is COc1ccc(/C=C\C(=O)c2ccc(C#CCN(C)C)s2)cc1. The van der Waals surface area contributed by atoms with Gasteiger partial charge in [0.05, 0.1) is 23.4 Å². The molecule has 0 N–H and O–H groups in total. The van der Waals surface area contributed by atoms with Crippen molar-refractivity contribution in [3.8, 4) is 17.6 Å². The standard InChI is InChI=1S/C19H19NO2S/c1-20(2)14-4-5-17-11-13-19(23-17)18(21)12-8-15-6-9-16(22-3)10-7-15/h6-13H,14H2,1-3H3/b12-8-. The van der Waals surface area contributed by atoms with Crippen LogP contribution in [0.1, 0.15) is 20.1 Å². The number of ketones is 1. The first-order chi connectivity index (χ1) is 11.1. The van der Waals surface area contributed by atoms with Gasteiger partial charge >= 0.3 is 0 Å². The highest BCUT2D eigenvalue weighted by Crippen LogP contribution is 2.17. The Morgan fingerprint density at radius 1 is 1.22 bits per heavy atom. The van der Waals surface area contributed by atoms with Crippen LogP contribution in [0.2, 0.25) is 0 Å². The van der Waals surface area contributed by atoms with Gasteiger partial charge in [-0.15, -0.1) is 11.3 Å². The average Bonchev–Trinajstić information content (AvgIpc) is 3.01. The van der Waals surface area contributed by atoms with E-state index in [1.165, 1.54) is 11.3 Å². The smallest absolute Gasteiger partial charge is 0.195 e. The number of benzene rings is 1. The normalized spacial score (nSPS) is 10.6. The summed E-state index contributed by atoms with van der Waals surface area (Å²) in [5.41, 5.74) is 0.960. The van der Waals surface area contributed by atoms with Gasteiger partial charge in [-0.25, -0.2) is 0 Å². The number of allylic oxidation sites excluding steroid dienone is 1. The zero-order valence-electron chi connectivity index (χ0n) is 13.5. The third-order valence-electron chi connectivity index (χ3n) is 3.00. The summed E-state index contributed by atoms with van der Waals surface area (Å²) >= 11 is 1.42. The Morgan fingerprint density at radius 3 is 2.61 bits per heavy atom. The molecule has 2 rings (SSSR count). The Morgan fingerprint density at radius 2 is 1.96 bits per heavy atom. The maximum absolute atomic E-state index is 12.2. The van der Waals surface area contributed by atoms with Crippen molar-refractivity contribution in [2.45, 2.75) is 0 Å². The Bertz CT molecular complexity index is 746. The van der Waals surface area contributed by atoms with Crippen LogP contribution in [0, 0.1) is 11.8 Å². The fourth-order valence-electron chi connectivity index (χ4n) is 1.79. The van der Waals surface area contributed by atoms with E-state index in [4.69, 9.17) is 4.74 Å². The van der Waals surface area contributed by atoms with Crippen molar-refractivity contribution in [1.82, 2.24) is 4.90 Å². The average molecular weight is 325 g/mol. The lowest BCUT2D eigenvalue weighted by atomic mass is 10.2. The Balaban J connectivity index is 2.01. The summed E-state index contributed by atoms with van der Waals surface area (Å²) in [5.74, 6) is 6.93. The number of thiophene rings is 1. The quantitative estimate of drug-likeness (QED) is 0.478. The summed E-state index contributed by atoms with van der Waals surface area (Å²) in [6.07, 6.45) is 3.39. The second-order valence-corrected chi connectivity index (χ2v) is 6.26. The molecule has 0 bridgehead atoms. The van der Waals surface area contributed by atoms with Gasteiger partial charge in [0.1, 0.15) is 5.75 Å². The molecule has 0 aliphatic heterocycles. The van der Waals surface area contributed by atoms with Crippen LogP contribution in [0.25, 0.3) is 6.08 Å². The third-order valence-corrected chi connectivity index (χ3v) is 4.01. The summed E-state index contributed by atoms with van der Waals surface area (Å²) < 4.78 is 5.11. The molecule has 118 valence electrons. The van der Waals surface area contributed by atoms with Crippen molar-refractivity contribution in [3.05, 3.63) is 57.8 Å². The van der Waals surface area contributed by atoms with E-state index in [-0.39, 0.29) is 5.78 Å². The number of hydrogen-bond acceptors (Lipinski definition) is 4. The van der Waals surface area contributed by atoms with E-state index in [2.05, 4.69) is 11.8 Å². The zero-order chi connectivity index (χ0) is 16.7. The minimum atomic E-state index is -0.00789. The second-order valence-electron chi connectivity index (χ2n) is 5.17. The number of carbonyl (C=O) groups excluding carboxylic acids is 1. The van der Waals surface area contributed by atoms with Crippen molar-refractivity contribution in [2.24, 2.45) is 0 Å². The lowest BCUT2D eigenvalue weighted by Crippen LogP contribution is -2.10. The van der Waals surface area contributed by atoms with Gasteiger partial charge in [-0.05, 0) is 50.0 Å². The van der Waals surface area contributed by atoms with Gasteiger partial charge in [0.25, 0.3) is 0 Å².